The second-order valence-electron chi connectivity index (χ2n) is 3.17. The molecule has 0 N–H and O–H groups in total. The molecule has 0 saturated heterocycles. The molecule has 0 aromatic heterocycles. The van der Waals surface area contributed by atoms with Gasteiger partial charge in [0.05, 0.1) is 0 Å². The molecule has 0 fully saturated rings. The van der Waals surface area contributed by atoms with E-state index in [0.717, 1.165) is 6.42 Å². The van der Waals surface area contributed by atoms with Gasteiger partial charge in [-0.05, 0) is 25.5 Å². The van der Waals surface area contributed by atoms with Crippen molar-refractivity contribution in [3.05, 3.63) is 24.3 Å². The Balaban J connectivity index is 3.95. The van der Waals surface area contributed by atoms with Gasteiger partial charge in [-0.3, -0.25) is 4.79 Å². The third-order valence-corrected chi connectivity index (χ3v) is 1.73. The zero-order valence-electron chi connectivity index (χ0n) is 9.32. The predicted molar refractivity (Wildman–Crippen MR) is 59.0 cm³/mol. The van der Waals surface area contributed by atoms with Crippen LogP contribution in [0, 0.1) is 0 Å². The van der Waals surface area contributed by atoms with Crippen molar-refractivity contribution in [2.45, 2.75) is 46.1 Å². The summed E-state index contributed by atoms with van der Waals surface area (Å²) in [7, 11) is 0. The van der Waals surface area contributed by atoms with Crippen LogP contribution in [0.25, 0.3) is 0 Å². The van der Waals surface area contributed by atoms with Gasteiger partial charge in [0.15, 0.2) is 0 Å². The monoisotopic (exact) mass is 196 g/mol. The second-order valence-corrected chi connectivity index (χ2v) is 3.17. The Kier molecular flexibility index (Phi) is 7.90. The number of hydrogen-bond donors (Lipinski definition) is 0. The van der Waals surface area contributed by atoms with Crippen molar-refractivity contribution in [2.24, 2.45) is 0 Å². The van der Waals surface area contributed by atoms with Crippen LogP contribution in [0.3, 0.4) is 0 Å². The fourth-order valence-corrected chi connectivity index (χ4v) is 1.08. The Labute approximate surface area is 86.6 Å². The van der Waals surface area contributed by atoms with Crippen LogP contribution in [0.1, 0.15) is 40.0 Å². The second kappa shape index (κ2) is 8.54. The Hall–Kier alpha value is -1.05. The molecule has 0 aromatic carbocycles. The molecule has 2 heteroatoms. The average Bonchev–Trinajstić information content (AvgIpc) is 2.12. The minimum absolute atomic E-state index is 0.200. The Morgan fingerprint density at radius 1 is 1.43 bits per heavy atom. The van der Waals surface area contributed by atoms with Gasteiger partial charge in [0, 0.05) is 6.92 Å². The lowest BCUT2D eigenvalue weighted by Crippen LogP contribution is -2.10. The summed E-state index contributed by atoms with van der Waals surface area (Å²) in [6.07, 6.45) is 11.0. The van der Waals surface area contributed by atoms with Crippen LogP contribution in [-0.2, 0) is 9.53 Å². The first-order chi connectivity index (χ1) is 6.70. The topological polar surface area (TPSA) is 26.3 Å². The van der Waals surface area contributed by atoms with Gasteiger partial charge in [-0.1, -0.05) is 31.9 Å². The van der Waals surface area contributed by atoms with E-state index in [1.165, 1.54) is 19.8 Å². The van der Waals surface area contributed by atoms with E-state index in [0.29, 0.717) is 0 Å². The molecular weight excluding hydrogens is 176 g/mol. The zero-order valence-corrected chi connectivity index (χ0v) is 9.32. The lowest BCUT2D eigenvalue weighted by molar-refractivity contribution is -0.142. The van der Waals surface area contributed by atoms with Crippen LogP contribution in [0.5, 0.6) is 0 Å². The minimum Gasteiger partial charge on any atom is -0.454 e. The van der Waals surface area contributed by atoms with Crippen molar-refractivity contribution < 1.29 is 9.53 Å². The molecule has 0 saturated carbocycles. The van der Waals surface area contributed by atoms with Crippen LogP contribution < -0.4 is 0 Å². The Morgan fingerprint density at radius 2 is 2.14 bits per heavy atom. The number of rotatable bonds is 6. The molecule has 0 rings (SSSR count). The van der Waals surface area contributed by atoms with E-state index in [1.807, 2.05) is 25.2 Å². The van der Waals surface area contributed by atoms with Crippen molar-refractivity contribution in [3.8, 4) is 0 Å². The first kappa shape index (κ1) is 12.9. The summed E-state index contributed by atoms with van der Waals surface area (Å²) in [5, 5.41) is 0. The number of hydrogen-bond acceptors (Lipinski definition) is 2. The maximum Gasteiger partial charge on any atom is 0.303 e. The van der Waals surface area contributed by atoms with E-state index in [4.69, 9.17) is 4.74 Å². The molecule has 1 atom stereocenters. The van der Waals surface area contributed by atoms with Crippen molar-refractivity contribution in [1.82, 2.24) is 0 Å². The molecule has 2 nitrogen and oxygen atoms in total. The highest BCUT2D eigenvalue weighted by molar-refractivity contribution is 5.66. The highest BCUT2D eigenvalue weighted by atomic mass is 16.5. The summed E-state index contributed by atoms with van der Waals surface area (Å²) in [5.41, 5.74) is 0. The maximum atomic E-state index is 10.7. The van der Waals surface area contributed by atoms with Gasteiger partial charge < -0.3 is 4.74 Å². The lowest BCUT2D eigenvalue weighted by atomic mass is 10.2. The fraction of sp³-hybridized carbons (Fsp3) is 0.583. The largest absolute Gasteiger partial charge is 0.454 e. The third kappa shape index (κ3) is 7.59. The molecule has 80 valence electrons. The van der Waals surface area contributed by atoms with Crippen molar-refractivity contribution in [3.63, 3.8) is 0 Å². The van der Waals surface area contributed by atoms with Gasteiger partial charge in [-0.15, -0.1) is 0 Å². The molecule has 0 bridgehead atoms. The van der Waals surface area contributed by atoms with Crippen LogP contribution >= 0.6 is 0 Å². The first-order valence-corrected chi connectivity index (χ1v) is 5.17. The zero-order chi connectivity index (χ0) is 10.8. The SMILES string of the molecule is C/C=C\C(/C=C/CCCC)OC(C)=O. The normalized spacial score (nSPS) is 13.6. The van der Waals surface area contributed by atoms with E-state index in [2.05, 4.69) is 13.0 Å². The summed E-state index contributed by atoms with van der Waals surface area (Å²) >= 11 is 0. The highest BCUT2D eigenvalue weighted by Crippen LogP contribution is 2.01. The third-order valence-electron chi connectivity index (χ3n) is 1.73. The van der Waals surface area contributed by atoms with Gasteiger partial charge in [-0.25, -0.2) is 0 Å². The summed E-state index contributed by atoms with van der Waals surface area (Å²) in [5.74, 6) is -0.242. The summed E-state index contributed by atoms with van der Waals surface area (Å²) in [6, 6.07) is 0. The van der Waals surface area contributed by atoms with Crippen molar-refractivity contribution >= 4 is 5.97 Å². The predicted octanol–water partition coefficient (Wildman–Crippen LogP) is 3.24. The highest BCUT2D eigenvalue weighted by Gasteiger charge is 2.01. The molecule has 0 aromatic rings. The molecule has 0 aliphatic rings. The van der Waals surface area contributed by atoms with E-state index < -0.39 is 0 Å². The molecule has 0 amide bonds. The smallest absolute Gasteiger partial charge is 0.303 e. The lowest BCUT2D eigenvalue weighted by Gasteiger charge is -2.07. The van der Waals surface area contributed by atoms with Gasteiger partial charge in [0.2, 0.25) is 0 Å². The van der Waals surface area contributed by atoms with E-state index in [9.17, 15) is 4.79 Å². The van der Waals surface area contributed by atoms with Crippen LogP contribution in [0.2, 0.25) is 0 Å². The number of ether oxygens (including phenoxy) is 1. The summed E-state index contributed by atoms with van der Waals surface area (Å²) in [6.45, 7) is 5.50. The first-order valence-electron chi connectivity index (χ1n) is 5.17. The van der Waals surface area contributed by atoms with Gasteiger partial charge in [0.25, 0.3) is 0 Å². The number of unbranched alkanes of at least 4 members (excludes halogenated alkanes) is 2. The van der Waals surface area contributed by atoms with Gasteiger partial charge in [-0.2, -0.15) is 0 Å². The molecule has 14 heavy (non-hydrogen) atoms. The fourth-order valence-electron chi connectivity index (χ4n) is 1.08. The van der Waals surface area contributed by atoms with E-state index in [-0.39, 0.29) is 12.1 Å². The number of carbonyl (C=O) groups excluding carboxylic acids is 1. The molecule has 0 radical (unpaired) electrons. The molecular formula is C12H20O2. The molecule has 0 aliphatic carbocycles. The van der Waals surface area contributed by atoms with Crippen molar-refractivity contribution in [2.75, 3.05) is 0 Å². The average molecular weight is 196 g/mol. The quantitative estimate of drug-likeness (QED) is 0.370. The van der Waals surface area contributed by atoms with Gasteiger partial charge >= 0.3 is 5.97 Å². The molecule has 0 spiro atoms. The van der Waals surface area contributed by atoms with E-state index in [1.54, 1.807) is 0 Å². The van der Waals surface area contributed by atoms with Crippen LogP contribution in [0.4, 0.5) is 0 Å². The standard InChI is InChI=1S/C12H20O2/c1-4-6-7-8-10-12(9-5-2)14-11(3)13/h5,8-10,12H,4,6-7H2,1-3H3/b9-5-,10-8+. The molecule has 0 aliphatic heterocycles. The van der Waals surface area contributed by atoms with Crippen LogP contribution in [0.15, 0.2) is 24.3 Å². The van der Waals surface area contributed by atoms with E-state index >= 15 is 0 Å². The van der Waals surface area contributed by atoms with Crippen molar-refractivity contribution in [1.29, 1.82) is 0 Å². The summed E-state index contributed by atoms with van der Waals surface area (Å²) < 4.78 is 5.06. The number of esters is 1. The van der Waals surface area contributed by atoms with Gasteiger partial charge in [0.1, 0.15) is 6.10 Å². The summed E-state index contributed by atoms with van der Waals surface area (Å²) in [4.78, 5) is 10.7. The molecule has 1 unspecified atom stereocenters. The maximum absolute atomic E-state index is 10.7. The Morgan fingerprint density at radius 3 is 2.64 bits per heavy atom. The number of allylic oxidation sites excluding steroid dienone is 2. The Bertz CT molecular complexity index is 204. The van der Waals surface area contributed by atoms with Crippen LogP contribution in [-0.4, -0.2) is 12.1 Å². The minimum atomic E-state index is -0.242. The molecule has 0 heterocycles. The number of carbonyl (C=O) groups is 1.